The van der Waals surface area contributed by atoms with E-state index >= 15 is 0 Å². The average Bonchev–Trinajstić information content (AvgIpc) is 3.21. The molecule has 4 fully saturated rings. The third-order valence-electron chi connectivity index (χ3n) is 6.10. The van der Waals surface area contributed by atoms with Crippen LogP contribution in [0.5, 0.6) is 0 Å². The Bertz CT molecular complexity index is 744. The van der Waals surface area contributed by atoms with Crippen LogP contribution in [0.1, 0.15) is 31.2 Å². The van der Waals surface area contributed by atoms with Crippen LogP contribution in [0.25, 0.3) is 11.0 Å². The van der Waals surface area contributed by atoms with Gasteiger partial charge in [-0.1, -0.05) is 16.8 Å². The van der Waals surface area contributed by atoms with E-state index in [0.29, 0.717) is 11.6 Å². The zero-order valence-electron chi connectivity index (χ0n) is 12.7. The normalized spacial score (nSPS) is 31.8. The summed E-state index contributed by atoms with van der Waals surface area (Å²) in [5, 5.41) is 9.83. The van der Waals surface area contributed by atoms with Crippen LogP contribution in [0.3, 0.4) is 0 Å². The third kappa shape index (κ3) is 1.65. The number of rotatable bonds is 2. The molecule has 2 bridgehead atoms. The summed E-state index contributed by atoms with van der Waals surface area (Å²) in [5.74, 6) is 1.66. The first-order valence-electron chi connectivity index (χ1n) is 8.25. The van der Waals surface area contributed by atoms with E-state index in [2.05, 4.69) is 15.4 Å². The molecule has 1 N–H and O–H groups in total. The van der Waals surface area contributed by atoms with Gasteiger partial charge in [0.2, 0.25) is 0 Å². The number of piperidine rings is 3. The molecule has 1 aromatic heterocycles. The average molecular weight is 318 g/mol. The van der Waals surface area contributed by atoms with Crippen molar-refractivity contribution in [2.24, 2.45) is 5.92 Å². The van der Waals surface area contributed by atoms with Gasteiger partial charge in [-0.15, -0.1) is 0 Å². The van der Waals surface area contributed by atoms with Crippen LogP contribution in [-0.2, 0) is 0 Å². The molecule has 22 heavy (non-hydrogen) atoms. The molecule has 4 heterocycles. The van der Waals surface area contributed by atoms with Crippen molar-refractivity contribution in [1.82, 2.24) is 10.1 Å². The molecule has 0 amide bonds. The summed E-state index contributed by atoms with van der Waals surface area (Å²) >= 11 is 6.18. The molecular weight excluding hydrogens is 298 g/mol. The maximum atomic E-state index is 6.18. The Labute approximate surface area is 134 Å². The maximum absolute atomic E-state index is 6.18. The maximum Gasteiger partial charge on any atom is 0.177 e. The lowest BCUT2D eigenvalue weighted by molar-refractivity contribution is 0.0202. The Morgan fingerprint density at radius 1 is 1.32 bits per heavy atom. The van der Waals surface area contributed by atoms with Gasteiger partial charge in [0.25, 0.3) is 0 Å². The van der Waals surface area contributed by atoms with Gasteiger partial charge in [-0.2, -0.15) is 0 Å². The predicted molar refractivity (Wildman–Crippen MR) is 87.4 cm³/mol. The standard InChI is InChI=1S/C17H20ClN3O/c1-10-13(18)3-2-12-14(10)22-20-16(12)19-15-11-4-8-21(9-5-11)17(15)6-7-17/h2-3,11,15H,4-9H2,1H3,(H,19,20)/t15-/m1/s1. The molecule has 3 aliphatic heterocycles. The summed E-state index contributed by atoms with van der Waals surface area (Å²) in [7, 11) is 0. The lowest BCUT2D eigenvalue weighted by Gasteiger charge is -2.52. The zero-order valence-corrected chi connectivity index (χ0v) is 13.5. The Hall–Kier alpha value is -1.26. The Morgan fingerprint density at radius 2 is 2.09 bits per heavy atom. The number of aryl methyl sites for hydroxylation is 1. The third-order valence-corrected chi connectivity index (χ3v) is 6.51. The first-order chi connectivity index (χ1) is 10.7. The number of aromatic nitrogens is 1. The lowest BCUT2D eigenvalue weighted by atomic mass is 9.77. The van der Waals surface area contributed by atoms with Crippen molar-refractivity contribution >= 4 is 28.4 Å². The summed E-state index contributed by atoms with van der Waals surface area (Å²) in [4.78, 5) is 2.70. The molecule has 4 aliphatic rings. The molecule has 2 aromatic rings. The van der Waals surface area contributed by atoms with Gasteiger partial charge < -0.3 is 9.84 Å². The van der Waals surface area contributed by atoms with Gasteiger partial charge in [-0.25, -0.2) is 0 Å². The number of fused-ring (bicyclic) bond motifs is 3. The highest BCUT2D eigenvalue weighted by atomic mass is 35.5. The number of nitrogens with zero attached hydrogens (tertiary/aromatic N) is 2. The summed E-state index contributed by atoms with van der Waals surface area (Å²) < 4.78 is 5.56. The molecular formula is C17H20ClN3O. The summed E-state index contributed by atoms with van der Waals surface area (Å²) in [6.07, 6.45) is 5.25. The van der Waals surface area contributed by atoms with Crippen molar-refractivity contribution in [3.8, 4) is 0 Å². The fraction of sp³-hybridized carbons (Fsp3) is 0.588. The number of halogens is 1. The van der Waals surface area contributed by atoms with Crippen molar-refractivity contribution in [2.75, 3.05) is 18.4 Å². The molecule has 3 saturated heterocycles. The Morgan fingerprint density at radius 3 is 2.82 bits per heavy atom. The van der Waals surface area contributed by atoms with Crippen LogP contribution in [0, 0.1) is 12.8 Å². The zero-order chi connectivity index (χ0) is 14.9. The van der Waals surface area contributed by atoms with Crippen LogP contribution in [0.2, 0.25) is 5.02 Å². The molecule has 1 spiro atoms. The van der Waals surface area contributed by atoms with E-state index in [-0.39, 0.29) is 0 Å². The SMILES string of the molecule is Cc1c(Cl)ccc2c(N[C@@H]3C4CCN(CC4)C34CC4)noc12. The van der Waals surface area contributed by atoms with Crippen LogP contribution in [0.4, 0.5) is 5.82 Å². The minimum atomic E-state index is 0.397. The van der Waals surface area contributed by atoms with Gasteiger partial charge in [-0.05, 0) is 63.7 Å². The predicted octanol–water partition coefficient (Wildman–Crippen LogP) is 3.83. The smallest absolute Gasteiger partial charge is 0.177 e. The molecule has 5 heteroatoms. The number of benzene rings is 1. The van der Waals surface area contributed by atoms with Crippen LogP contribution in [-0.4, -0.2) is 34.7 Å². The quantitative estimate of drug-likeness (QED) is 0.914. The molecule has 1 saturated carbocycles. The van der Waals surface area contributed by atoms with Crippen molar-refractivity contribution < 1.29 is 4.52 Å². The summed E-state index contributed by atoms with van der Waals surface area (Å²) in [5.41, 5.74) is 2.17. The fourth-order valence-electron chi connectivity index (χ4n) is 4.68. The van der Waals surface area contributed by atoms with Gasteiger partial charge >= 0.3 is 0 Å². The van der Waals surface area contributed by atoms with E-state index < -0.39 is 0 Å². The highest BCUT2D eigenvalue weighted by molar-refractivity contribution is 6.32. The molecule has 6 rings (SSSR count). The van der Waals surface area contributed by atoms with Gasteiger partial charge in [-0.3, -0.25) is 4.90 Å². The van der Waals surface area contributed by atoms with E-state index in [4.69, 9.17) is 16.1 Å². The minimum Gasteiger partial charge on any atom is -0.362 e. The molecule has 4 nitrogen and oxygen atoms in total. The first-order valence-corrected chi connectivity index (χ1v) is 8.63. The minimum absolute atomic E-state index is 0.397. The van der Waals surface area contributed by atoms with Crippen molar-refractivity contribution in [3.05, 3.63) is 22.7 Å². The molecule has 1 atom stereocenters. The van der Waals surface area contributed by atoms with E-state index in [0.717, 1.165) is 33.3 Å². The number of nitrogens with one attached hydrogen (secondary N) is 1. The number of hydrogen-bond acceptors (Lipinski definition) is 4. The molecule has 1 aromatic carbocycles. The Kier molecular flexibility index (Phi) is 2.63. The fourth-order valence-corrected chi connectivity index (χ4v) is 4.83. The van der Waals surface area contributed by atoms with Crippen molar-refractivity contribution in [1.29, 1.82) is 0 Å². The first kappa shape index (κ1) is 13.2. The molecule has 0 unspecified atom stereocenters. The van der Waals surface area contributed by atoms with Gasteiger partial charge in [0.05, 0.1) is 5.39 Å². The van der Waals surface area contributed by atoms with Crippen LogP contribution < -0.4 is 5.32 Å². The van der Waals surface area contributed by atoms with Crippen molar-refractivity contribution in [3.63, 3.8) is 0 Å². The second kappa shape index (κ2) is 4.39. The lowest BCUT2D eigenvalue weighted by Crippen LogP contribution is -2.62. The molecule has 0 radical (unpaired) electrons. The van der Waals surface area contributed by atoms with Crippen LogP contribution >= 0.6 is 11.6 Å². The van der Waals surface area contributed by atoms with Gasteiger partial charge in [0.15, 0.2) is 11.4 Å². The monoisotopic (exact) mass is 317 g/mol. The summed E-state index contributed by atoms with van der Waals surface area (Å²) in [6.45, 7) is 4.53. The van der Waals surface area contributed by atoms with E-state index in [1.807, 2.05) is 19.1 Å². The number of hydrogen-bond donors (Lipinski definition) is 1. The highest BCUT2D eigenvalue weighted by Crippen LogP contribution is 2.54. The Balaban J connectivity index is 1.53. The highest BCUT2D eigenvalue weighted by Gasteiger charge is 2.60. The second-order valence-corrected chi connectivity index (χ2v) is 7.54. The number of anilines is 1. The topological polar surface area (TPSA) is 41.3 Å². The van der Waals surface area contributed by atoms with E-state index in [1.54, 1.807) is 0 Å². The summed E-state index contributed by atoms with van der Waals surface area (Å²) in [6, 6.07) is 4.47. The van der Waals surface area contributed by atoms with Crippen LogP contribution in [0.15, 0.2) is 16.7 Å². The van der Waals surface area contributed by atoms with Gasteiger partial charge in [0.1, 0.15) is 0 Å². The molecule has 1 aliphatic carbocycles. The largest absolute Gasteiger partial charge is 0.362 e. The van der Waals surface area contributed by atoms with Gasteiger partial charge in [0, 0.05) is 22.2 Å². The second-order valence-electron chi connectivity index (χ2n) is 7.13. The van der Waals surface area contributed by atoms with E-state index in [9.17, 15) is 0 Å². The van der Waals surface area contributed by atoms with Crippen molar-refractivity contribution in [2.45, 2.75) is 44.2 Å². The van der Waals surface area contributed by atoms with E-state index in [1.165, 1.54) is 38.8 Å². The molecule has 116 valence electrons.